The summed E-state index contributed by atoms with van der Waals surface area (Å²) in [5.41, 5.74) is 3.28. The predicted octanol–water partition coefficient (Wildman–Crippen LogP) is 5.81. The molecule has 0 aliphatic carbocycles. The number of pyridine rings is 1. The van der Waals surface area contributed by atoms with Crippen molar-refractivity contribution < 1.29 is 17.7 Å². The van der Waals surface area contributed by atoms with Gasteiger partial charge in [0.2, 0.25) is 5.52 Å². The first-order valence-electron chi connectivity index (χ1n) is 8.34. The average molecular weight is 352 g/mol. The van der Waals surface area contributed by atoms with Gasteiger partial charge in [0.1, 0.15) is 7.05 Å². The van der Waals surface area contributed by atoms with E-state index in [1.807, 2.05) is 32.2 Å². The predicted molar refractivity (Wildman–Crippen MR) is 97.8 cm³/mol. The van der Waals surface area contributed by atoms with Gasteiger partial charge in [0.05, 0.1) is 10.9 Å². The maximum Gasteiger partial charge on any atom is 0.416 e. The van der Waals surface area contributed by atoms with Gasteiger partial charge in [-0.15, -0.1) is 0 Å². The van der Waals surface area contributed by atoms with E-state index in [4.69, 9.17) is 0 Å². The Labute approximate surface area is 149 Å². The summed E-state index contributed by atoms with van der Waals surface area (Å²) in [5, 5.41) is 3.37. The first-order chi connectivity index (χ1) is 12.3. The van der Waals surface area contributed by atoms with Crippen molar-refractivity contribution in [2.24, 2.45) is 7.05 Å². The molecule has 130 valence electrons. The van der Waals surface area contributed by atoms with Gasteiger partial charge in [0, 0.05) is 16.3 Å². The number of fused-ring (bicyclic) bond motifs is 3. The van der Waals surface area contributed by atoms with Crippen LogP contribution in [-0.2, 0) is 13.2 Å². The Morgan fingerprint density at radius 1 is 0.808 bits per heavy atom. The summed E-state index contributed by atoms with van der Waals surface area (Å²) in [6.45, 7) is 2.03. The normalized spacial score (nSPS) is 12.0. The number of rotatable bonds is 1. The lowest BCUT2D eigenvalue weighted by Gasteiger charge is -2.10. The van der Waals surface area contributed by atoms with Gasteiger partial charge in [-0.25, -0.2) is 4.57 Å². The van der Waals surface area contributed by atoms with Gasteiger partial charge in [-0.2, -0.15) is 13.2 Å². The molecule has 4 aromatic rings. The third-order valence-electron chi connectivity index (χ3n) is 4.78. The van der Waals surface area contributed by atoms with Crippen LogP contribution < -0.4 is 4.57 Å². The van der Waals surface area contributed by atoms with Gasteiger partial charge >= 0.3 is 6.18 Å². The average Bonchev–Trinajstić information content (AvgIpc) is 2.60. The number of aromatic nitrogens is 1. The smallest absolute Gasteiger partial charge is 0.200 e. The molecule has 0 aliphatic rings. The highest BCUT2D eigenvalue weighted by Gasteiger charge is 2.30. The Hall–Kier alpha value is -2.88. The summed E-state index contributed by atoms with van der Waals surface area (Å²) in [6.07, 6.45) is -2.22. The summed E-state index contributed by atoms with van der Waals surface area (Å²) < 4.78 is 40.5. The van der Waals surface area contributed by atoms with Crippen LogP contribution in [0.5, 0.6) is 0 Å². The van der Waals surface area contributed by atoms with E-state index in [9.17, 15) is 13.2 Å². The molecule has 0 spiro atoms. The van der Waals surface area contributed by atoms with Gasteiger partial charge < -0.3 is 0 Å². The Balaban J connectivity index is 1.96. The molecule has 1 aromatic heterocycles. The van der Waals surface area contributed by atoms with E-state index < -0.39 is 11.7 Å². The molecule has 1 nitrogen and oxygen atoms in total. The first kappa shape index (κ1) is 16.6. The zero-order valence-electron chi connectivity index (χ0n) is 14.4. The highest BCUT2D eigenvalue weighted by Crippen LogP contribution is 2.33. The van der Waals surface area contributed by atoms with Crippen LogP contribution in [0.4, 0.5) is 13.2 Å². The zero-order chi connectivity index (χ0) is 18.5. The topological polar surface area (TPSA) is 3.88 Å². The zero-order valence-corrected chi connectivity index (χ0v) is 14.4. The molecule has 0 saturated carbocycles. The van der Waals surface area contributed by atoms with Crippen LogP contribution in [0.1, 0.15) is 11.1 Å². The standard InChI is InChI=1S/C22H17F3N/c1-14-11-17(15-7-9-18(10-8-15)22(23,24)25)12-20-19-6-4-3-5-16(19)13-26(2)21(14)20/h3-13H,1-2H3/q+1. The minimum Gasteiger partial charge on any atom is -0.200 e. The van der Waals surface area contributed by atoms with E-state index >= 15 is 0 Å². The second-order valence-electron chi connectivity index (χ2n) is 6.59. The number of nitrogens with zero attached hydrogens (tertiary/aromatic N) is 1. The molecule has 0 N–H and O–H groups in total. The van der Waals surface area contributed by atoms with Crippen molar-refractivity contribution in [1.29, 1.82) is 0 Å². The molecule has 1 heterocycles. The van der Waals surface area contributed by atoms with Crippen LogP contribution in [0, 0.1) is 6.92 Å². The molecule has 0 aliphatic heterocycles. The second-order valence-corrected chi connectivity index (χ2v) is 6.59. The molecule has 0 atom stereocenters. The van der Waals surface area contributed by atoms with Crippen LogP contribution in [0.25, 0.3) is 32.8 Å². The van der Waals surface area contributed by atoms with Crippen LogP contribution in [0.15, 0.2) is 66.9 Å². The van der Waals surface area contributed by atoms with Crippen LogP contribution in [0.3, 0.4) is 0 Å². The van der Waals surface area contributed by atoms with Crippen LogP contribution >= 0.6 is 0 Å². The maximum atomic E-state index is 12.8. The molecular weight excluding hydrogens is 335 g/mol. The number of hydrogen-bond acceptors (Lipinski definition) is 0. The summed E-state index contributed by atoms with van der Waals surface area (Å²) in [6, 6.07) is 17.6. The largest absolute Gasteiger partial charge is 0.416 e. The third-order valence-corrected chi connectivity index (χ3v) is 4.78. The van der Waals surface area contributed by atoms with Crippen molar-refractivity contribution in [1.82, 2.24) is 0 Å². The molecule has 0 radical (unpaired) electrons. The second kappa shape index (κ2) is 5.84. The maximum absolute atomic E-state index is 12.8. The number of halogens is 3. The fourth-order valence-corrected chi connectivity index (χ4v) is 3.60. The Bertz CT molecular complexity index is 1130. The first-order valence-corrected chi connectivity index (χ1v) is 8.34. The number of aryl methyl sites for hydroxylation is 2. The fourth-order valence-electron chi connectivity index (χ4n) is 3.60. The lowest BCUT2D eigenvalue weighted by atomic mass is 9.96. The summed E-state index contributed by atoms with van der Waals surface area (Å²) in [5.74, 6) is 0. The van der Waals surface area contributed by atoms with Crippen LogP contribution in [0.2, 0.25) is 0 Å². The number of alkyl halides is 3. The molecule has 0 bridgehead atoms. The molecular formula is C22H17F3N+. The van der Waals surface area contributed by atoms with Gasteiger partial charge in [-0.1, -0.05) is 30.3 Å². The fraction of sp³-hybridized carbons (Fsp3) is 0.136. The number of benzene rings is 3. The monoisotopic (exact) mass is 352 g/mol. The Morgan fingerprint density at radius 2 is 1.50 bits per heavy atom. The van der Waals surface area contributed by atoms with Crippen molar-refractivity contribution in [3.8, 4) is 11.1 Å². The molecule has 3 aromatic carbocycles. The Kier molecular flexibility index (Phi) is 3.72. The van der Waals surface area contributed by atoms with E-state index in [1.54, 1.807) is 0 Å². The lowest BCUT2D eigenvalue weighted by Crippen LogP contribution is -2.29. The summed E-state index contributed by atoms with van der Waals surface area (Å²) in [7, 11) is 2.01. The quantitative estimate of drug-likeness (QED) is 0.301. The number of hydrogen-bond donors (Lipinski definition) is 0. The molecule has 0 saturated heterocycles. The molecule has 0 amide bonds. The summed E-state index contributed by atoms with van der Waals surface area (Å²) >= 11 is 0. The van der Waals surface area contributed by atoms with Crippen molar-refractivity contribution in [3.05, 3.63) is 78.0 Å². The van der Waals surface area contributed by atoms with Crippen LogP contribution in [-0.4, -0.2) is 0 Å². The summed E-state index contributed by atoms with van der Waals surface area (Å²) in [4.78, 5) is 0. The van der Waals surface area contributed by atoms with Gasteiger partial charge in [0.25, 0.3) is 0 Å². The molecule has 4 heteroatoms. The van der Waals surface area contributed by atoms with Gasteiger partial charge in [-0.3, -0.25) is 0 Å². The van der Waals surface area contributed by atoms with Crippen molar-refractivity contribution in [2.45, 2.75) is 13.1 Å². The minimum atomic E-state index is -4.32. The van der Waals surface area contributed by atoms with E-state index in [-0.39, 0.29) is 0 Å². The molecule has 26 heavy (non-hydrogen) atoms. The van der Waals surface area contributed by atoms with Crippen molar-refractivity contribution in [3.63, 3.8) is 0 Å². The SMILES string of the molecule is Cc1cc(-c2ccc(C(F)(F)F)cc2)cc2c3ccccc3c[n+](C)c12. The highest BCUT2D eigenvalue weighted by molar-refractivity contribution is 6.06. The van der Waals surface area contributed by atoms with Gasteiger partial charge in [-0.05, 0) is 48.4 Å². The van der Waals surface area contributed by atoms with Crippen molar-refractivity contribution in [2.75, 3.05) is 0 Å². The van der Waals surface area contributed by atoms with E-state index in [1.165, 1.54) is 12.1 Å². The van der Waals surface area contributed by atoms with E-state index in [0.29, 0.717) is 0 Å². The molecule has 4 rings (SSSR count). The molecule has 0 unspecified atom stereocenters. The van der Waals surface area contributed by atoms with Crippen molar-refractivity contribution >= 4 is 21.7 Å². The Morgan fingerprint density at radius 3 is 2.19 bits per heavy atom. The van der Waals surface area contributed by atoms with E-state index in [2.05, 4.69) is 29.0 Å². The van der Waals surface area contributed by atoms with E-state index in [0.717, 1.165) is 50.5 Å². The highest BCUT2D eigenvalue weighted by atomic mass is 19.4. The third kappa shape index (κ3) is 2.71. The van der Waals surface area contributed by atoms with Gasteiger partial charge in [0.15, 0.2) is 6.20 Å². The lowest BCUT2D eigenvalue weighted by molar-refractivity contribution is -0.643. The minimum absolute atomic E-state index is 0.629. The molecule has 0 fully saturated rings.